The van der Waals surface area contributed by atoms with Gasteiger partial charge in [0.2, 0.25) is 0 Å². The summed E-state index contributed by atoms with van der Waals surface area (Å²) in [5, 5.41) is 0. The molecule has 0 bridgehead atoms. The third-order valence-corrected chi connectivity index (χ3v) is 13.3. The fraction of sp³-hybridized carbons (Fsp3) is 0.933. The molecule has 0 N–H and O–H groups in total. The molecule has 0 unspecified atom stereocenters. The lowest BCUT2D eigenvalue weighted by atomic mass is 9.32. The van der Waals surface area contributed by atoms with Crippen molar-refractivity contribution in [3.8, 4) is 0 Å². The molecular formula is C30H50. The second kappa shape index (κ2) is 6.41. The van der Waals surface area contributed by atoms with Crippen LogP contribution in [0.3, 0.4) is 0 Å². The lowest BCUT2D eigenvalue weighted by Crippen LogP contribution is -2.65. The third-order valence-electron chi connectivity index (χ3n) is 13.3. The van der Waals surface area contributed by atoms with E-state index in [4.69, 9.17) is 0 Å². The van der Waals surface area contributed by atoms with E-state index >= 15 is 0 Å². The SMILES string of the molecule is C=C(C)[C@@H]1CC[C@]2(C)[C@H]3CC[C@@H]4[C@@]5(C)CCCC(C)(C)[C@H]5CC[C@@]4(C)[C@]3(C)CC[C@@H]12. The Bertz CT molecular complexity index is 730. The molecule has 0 aromatic carbocycles. The van der Waals surface area contributed by atoms with Crippen molar-refractivity contribution in [2.45, 2.75) is 119 Å². The molecule has 30 heavy (non-hydrogen) atoms. The first-order valence-corrected chi connectivity index (χ1v) is 13.6. The number of hydrogen-bond donors (Lipinski definition) is 0. The first-order valence-electron chi connectivity index (χ1n) is 13.6. The van der Waals surface area contributed by atoms with Crippen molar-refractivity contribution in [3.63, 3.8) is 0 Å². The summed E-state index contributed by atoms with van der Waals surface area (Å²) < 4.78 is 0. The summed E-state index contributed by atoms with van der Waals surface area (Å²) in [6.07, 6.45) is 16.3. The van der Waals surface area contributed by atoms with Crippen LogP contribution < -0.4 is 0 Å². The van der Waals surface area contributed by atoms with Gasteiger partial charge < -0.3 is 0 Å². The zero-order chi connectivity index (χ0) is 21.7. The molecule has 0 amide bonds. The lowest BCUT2D eigenvalue weighted by Gasteiger charge is -2.73. The van der Waals surface area contributed by atoms with Crippen LogP contribution in [0.1, 0.15) is 119 Å². The maximum Gasteiger partial charge on any atom is -0.0175 e. The molecule has 170 valence electrons. The van der Waals surface area contributed by atoms with Gasteiger partial charge in [0, 0.05) is 0 Å². The molecule has 0 aromatic rings. The normalized spacial score (nSPS) is 57.0. The number of hydrogen-bond acceptors (Lipinski definition) is 0. The zero-order valence-corrected chi connectivity index (χ0v) is 21.4. The Balaban J connectivity index is 1.53. The summed E-state index contributed by atoms with van der Waals surface area (Å²) in [5.74, 6) is 4.54. The molecule has 5 fully saturated rings. The van der Waals surface area contributed by atoms with Gasteiger partial charge in [-0.2, -0.15) is 0 Å². The van der Waals surface area contributed by atoms with Crippen molar-refractivity contribution in [3.05, 3.63) is 12.2 Å². The van der Waals surface area contributed by atoms with Gasteiger partial charge in [0.25, 0.3) is 0 Å². The molecule has 0 heteroatoms. The molecule has 5 aliphatic rings. The van der Waals surface area contributed by atoms with Gasteiger partial charge in [0.05, 0.1) is 0 Å². The summed E-state index contributed by atoms with van der Waals surface area (Å²) >= 11 is 0. The summed E-state index contributed by atoms with van der Waals surface area (Å²) in [7, 11) is 0. The maximum atomic E-state index is 4.43. The lowest BCUT2D eigenvalue weighted by molar-refractivity contribution is -0.240. The zero-order valence-electron chi connectivity index (χ0n) is 21.4. The molecule has 0 nitrogen and oxygen atoms in total. The molecule has 9 atom stereocenters. The molecule has 0 heterocycles. The Morgan fingerprint density at radius 2 is 1.23 bits per heavy atom. The monoisotopic (exact) mass is 410 g/mol. The van der Waals surface area contributed by atoms with E-state index in [1.54, 1.807) is 0 Å². The van der Waals surface area contributed by atoms with Gasteiger partial charge >= 0.3 is 0 Å². The smallest absolute Gasteiger partial charge is 0.0175 e. The largest absolute Gasteiger partial charge is 0.0999 e. The highest BCUT2D eigenvalue weighted by Gasteiger charge is 2.70. The van der Waals surface area contributed by atoms with E-state index in [0.29, 0.717) is 27.1 Å². The quantitative estimate of drug-likeness (QED) is 0.378. The molecule has 0 spiro atoms. The highest BCUT2D eigenvalue weighted by molar-refractivity contribution is 5.20. The van der Waals surface area contributed by atoms with E-state index in [1.807, 2.05) is 0 Å². The Kier molecular flexibility index (Phi) is 4.61. The van der Waals surface area contributed by atoms with E-state index < -0.39 is 0 Å². The minimum absolute atomic E-state index is 0.542. The van der Waals surface area contributed by atoms with Crippen LogP contribution in [0.2, 0.25) is 0 Å². The van der Waals surface area contributed by atoms with E-state index in [-0.39, 0.29) is 0 Å². The van der Waals surface area contributed by atoms with Gasteiger partial charge in [-0.25, -0.2) is 0 Å². The third kappa shape index (κ3) is 2.46. The van der Waals surface area contributed by atoms with Gasteiger partial charge in [-0.15, -0.1) is 0 Å². The second-order valence-corrected chi connectivity index (χ2v) is 14.6. The van der Waals surface area contributed by atoms with Gasteiger partial charge in [-0.3, -0.25) is 0 Å². The summed E-state index contributed by atoms with van der Waals surface area (Å²) in [6.45, 7) is 23.0. The second-order valence-electron chi connectivity index (χ2n) is 14.6. The Hall–Kier alpha value is -0.260. The van der Waals surface area contributed by atoms with E-state index in [9.17, 15) is 0 Å². The van der Waals surface area contributed by atoms with Gasteiger partial charge in [0.1, 0.15) is 0 Å². The van der Waals surface area contributed by atoms with Crippen molar-refractivity contribution >= 4 is 0 Å². The van der Waals surface area contributed by atoms with E-state index in [1.165, 1.54) is 76.2 Å². The van der Waals surface area contributed by atoms with E-state index in [0.717, 1.165) is 29.6 Å². The number of rotatable bonds is 1. The minimum atomic E-state index is 0.542. The molecule has 5 rings (SSSR count). The number of allylic oxidation sites excluding steroid dienone is 1. The highest BCUT2D eigenvalue weighted by atomic mass is 14.7. The fourth-order valence-electron chi connectivity index (χ4n) is 11.9. The van der Waals surface area contributed by atoms with Gasteiger partial charge in [0.15, 0.2) is 0 Å². The Labute approximate surface area is 188 Å². The first-order chi connectivity index (χ1) is 13.9. The molecule has 0 saturated heterocycles. The molecular weight excluding hydrogens is 360 g/mol. The molecule has 5 aliphatic carbocycles. The fourth-order valence-corrected chi connectivity index (χ4v) is 11.9. The predicted molar refractivity (Wildman–Crippen MR) is 129 cm³/mol. The summed E-state index contributed by atoms with van der Waals surface area (Å²) in [6, 6.07) is 0. The van der Waals surface area contributed by atoms with Crippen LogP contribution in [-0.4, -0.2) is 0 Å². The average molecular weight is 411 g/mol. The van der Waals surface area contributed by atoms with Crippen LogP contribution in [0, 0.1) is 56.7 Å². The highest BCUT2D eigenvalue weighted by Crippen LogP contribution is 2.77. The minimum Gasteiger partial charge on any atom is -0.0999 e. The van der Waals surface area contributed by atoms with Crippen LogP contribution in [0.15, 0.2) is 12.2 Å². The maximum absolute atomic E-state index is 4.43. The molecule has 0 aromatic heterocycles. The Morgan fingerprint density at radius 1 is 0.633 bits per heavy atom. The van der Waals surface area contributed by atoms with Gasteiger partial charge in [-0.05, 0) is 128 Å². The van der Waals surface area contributed by atoms with Gasteiger partial charge in [-0.1, -0.05) is 60.1 Å². The van der Waals surface area contributed by atoms with Crippen molar-refractivity contribution in [2.75, 3.05) is 0 Å². The molecule has 5 saturated carbocycles. The topological polar surface area (TPSA) is 0 Å². The summed E-state index contributed by atoms with van der Waals surface area (Å²) in [4.78, 5) is 0. The van der Waals surface area contributed by atoms with Crippen molar-refractivity contribution in [1.29, 1.82) is 0 Å². The van der Waals surface area contributed by atoms with Crippen molar-refractivity contribution < 1.29 is 0 Å². The van der Waals surface area contributed by atoms with Crippen molar-refractivity contribution in [2.24, 2.45) is 56.7 Å². The van der Waals surface area contributed by atoms with Crippen molar-refractivity contribution in [1.82, 2.24) is 0 Å². The molecule has 0 aliphatic heterocycles. The van der Waals surface area contributed by atoms with Crippen LogP contribution in [-0.2, 0) is 0 Å². The standard InChI is InChI=1S/C30H50/c1-20(2)21-12-17-27(5)22(21)13-18-29(7)24(27)10-11-25-28(6)16-9-15-26(3,4)23(28)14-19-30(25,29)8/h21-25H,1,9-19H2,2-8H3/t21-,22-,23+,24+,25+,27-,28-,29+,30+/m0/s1. The molecule has 0 radical (unpaired) electrons. The van der Waals surface area contributed by atoms with Crippen LogP contribution in [0.25, 0.3) is 0 Å². The first kappa shape index (κ1) is 21.6. The van der Waals surface area contributed by atoms with Crippen LogP contribution >= 0.6 is 0 Å². The average Bonchev–Trinajstić information content (AvgIpc) is 2.99. The summed E-state index contributed by atoms with van der Waals surface area (Å²) in [5.41, 5.74) is 4.26. The Morgan fingerprint density at radius 3 is 1.87 bits per heavy atom. The number of fused-ring (bicyclic) bond motifs is 7. The predicted octanol–water partition coefficient (Wildman–Crippen LogP) is 9.05. The van der Waals surface area contributed by atoms with Crippen LogP contribution in [0.4, 0.5) is 0 Å². The van der Waals surface area contributed by atoms with Crippen LogP contribution in [0.5, 0.6) is 0 Å². The van der Waals surface area contributed by atoms with E-state index in [2.05, 4.69) is 55.0 Å².